The number of aryl methyl sites for hydroxylation is 3. The van der Waals surface area contributed by atoms with Gasteiger partial charge in [0.25, 0.3) is 10.0 Å². The summed E-state index contributed by atoms with van der Waals surface area (Å²) in [6.07, 6.45) is 7.93. The molecule has 0 aliphatic heterocycles. The first kappa shape index (κ1) is 29.0. The molecule has 1 aliphatic carbocycles. The second kappa shape index (κ2) is 12.2. The van der Waals surface area contributed by atoms with Crippen molar-refractivity contribution in [3.8, 4) is 5.69 Å². The zero-order valence-electron chi connectivity index (χ0n) is 23.8. The molecule has 2 heterocycles. The number of fused-ring (bicyclic) bond motifs is 1. The highest BCUT2D eigenvalue weighted by atomic mass is 32.2. The molecule has 2 amide bonds. The second-order valence-electron chi connectivity index (χ2n) is 10.5. The summed E-state index contributed by atoms with van der Waals surface area (Å²) in [6.45, 7) is 5.86. The molecule has 2 aromatic carbocycles. The van der Waals surface area contributed by atoms with Gasteiger partial charge < -0.3 is 10.2 Å². The lowest BCUT2D eigenvalue weighted by Crippen LogP contribution is -2.44. The van der Waals surface area contributed by atoms with E-state index in [1.807, 2.05) is 37.3 Å². The molecule has 0 radical (unpaired) electrons. The highest BCUT2D eigenvalue weighted by molar-refractivity contribution is 7.89. The van der Waals surface area contributed by atoms with E-state index in [0.717, 1.165) is 64.3 Å². The number of benzene rings is 2. The fourth-order valence-electron chi connectivity index (χ4n) is 5.16. The van der Waals surface area contributed by atoms with Gasteiger partial charge in [-0.25, -0.2) is 14.8 Å². The molecule has 0 saturated carbocycles. The standard InChI is InChI=1S/C31H33N5O5S/c1-21-8-14-27(15-9-21)42(39,40)36(41-20-37)31(38)32-17-16-24-10-12-26(13-11-24)35-28(19-25-6-4-5-7-25)34-29-22(2)18-23(3)33-30(29)35/h4,6,8-15,18,20,25H,5,7,16-17,19H2,1-3H3,(H,32,38). The summed E-state index contributed by atoms with van der Waals surface area (Å²) in [5.74, 6) is 1.41. The van der Waals surface area contributed by atoms with Crippen LogP contribution < -0.4 is 5.32 Å². The van der Waals surface area contributed by atoms with Gasteiger partial charge in [-0.05, 0) is 91.9 Å². The van der Waals surface area contributed by atoms with Crippen molar-refractivity contribution in [3.63, 3.8) is 0 Å². The molecule has 4 aromatic rings. The van der Waals surface area contributed by atoms with Crippen molar-refractivity contribution in [1.82, 2.24) is 24.3 Å². The van der Waals surface area contributed by atoms with Gasteiger partial charge in [0.05, 0.1) is 4.90 Å². The Morgan fingerprint density at radius 2 is 1.83 bits per heavy atom. The Hall–Kier alpha value is -4.51. The number of nitrogens with zero attached hydrogens (tertiary/aromatic N) is 4. The van der Waals surface area contributed by atoms with E-state index in [9.17, 15) is 18.0 Å². The second-order valence-corrected chi connectivity index (χ2v) is 12.2. The van der Waals surface area contributed by atoms with Gasteiger partial charge >= 0.3 is 12.5 Å². The molecule has 1 unspecified atom stereocenters. The largest absolute Gasteiger partial charge is 0.365 e. The lowest BCUT2D eigenvalue weighted by molar-refractivity contribution is -0.145. The van der Waals surface area contributed by atoms with E-state index in [1.54, 1.807) is 19.1 Å². The lowest BCUT2D eigenvalue weighted by atomic mass is 10.0. The van der Waals surface area contributed by atoms with Crippen LogP contribution >= 0.6 is 0 Å². The van der Waals surface area contributed by atoms with Crippen LogP contribution in [0.4, 0.5) is 4.79 Å². The minimum atomic E-state index is -4.39. The van der Waals surface area contributed by atoms with Crippen LogP contribution in [0.3, 0.4) is 0 Å². The third-order valence-corrected chi connectivity index (χ3v) is 8.84. The number of sulfonamides is 1. The van der Waals surface area contributed by atoms with Gasteiger partial charge in [-0.15, -0.1) is 0 Å². The van der Waals surface area contributed by atoms with Crippen LogP contribution in [0.25, 0.3) is 16.9 Å². The number of carbonyl (C=O) groups is 2. The normalized spacial score (nSPS) is 14.7. The minimum absolute atomic E-state index is 0.0654. The maximum atomic E-state index is 12.9. The van der Waals surface area contributed by atoms with Crippen LogP contribution in [0.15, 0.2) is 71.6 Å². The topological polar surface area (TPSA) is 123 Å². The highest BCUT2D eigenvalue weighted by Crippen LogP contribution is 2.28. The minimum Gasteiger partial charge on any atom is -0.334 e. The van der Waals surface area contributed by atoms with Crippen molar-refractivity contribution >= 4 is 33.7 Å². The molecule has 0 fully saturated rings. The SMILES string of the molecule is Cc1ccc(S(=O)(=O)N(OC=O)C(=O)NCCc2ccc(-n3c(CC4C=CCC4)nc4c(C)cc(C)nc43)cc2)cc1. The van der Waals surface area contributed by atoms with Gasteiger partial charge in [-0.1, -0.05) is 42.0 Å². The fourth-order valence-corrected chi connectivity index (χ4v) is 6.27. The first-order chi connectivity index (χ1) is 20.2. The van der Waals surface area contributed by atoms with E-state index in [1.165, 1.54) is 12.1 Å². The number of urea groups is 1. The molecule has 1 aliphatic rings. The Morgan fingerprint density at radius 1 is 1.10 bits per heavy atom. The number of nitrogens with one attached hydrogen (secondary N) is 1. The number of allylic oxidation sites excluding steroid dienone is 2. The maximum Gasteiger partial charge on any atom is 0.365 e. The summed E-state index contributed by atoms with van der Waals surface area (Å²) < 4.78 is 28.0. The van der Waals surface area contributed by atoms with E-state index in [-0.39, 0.29) is 22.4 Å². The summed E-state index contributed by atoms with van der Waals surface area (Å²) in [5, 5.41) is 2.52. The number of pyridine rings is 1. The number of carbonyl (C=O) groups excluding carboxylic acids is 2. The van der Waals surface area contributed by atoms with Crippen LogP contribution in [-0.2, 0) is 32.5 Å². The van der Waals surface area contributed by atoms with Crippen LogP contribution in [0.2, 0.25) is 0 Å². The molecular weight excluding hydrogens is 554 g/mol. The summed E-state index contributed by atoms with van der Waals surface area (Å²) in [4.78, 5) is 37.9. The monoisotopic (exact) mass is 587 g/mol. The van der Waals surface area contributed by atoms with Gasteiger partial charge in [-0.2, -0.15) is 8.42 Å². The van der Waals surface area contributed by atoms with Gasteiger partial charge in [-0.3, -0.25) is 9.36 Å². The van der Waals surface area contributed by atoms with Crippen LogP contribution in [0.1, 0.15) is 41.1 Å². The van der Waals surface area contributed by atoms with Crippen molar-refractivity contribution in [2.24, 2.45) is 5.92 Å². The van der Waals surface area contributed by atoms with Crippen molar-refractivity contribution in [1.29, 1.82) is 0 Å². The van der Waals surface area contributed by atoms with Crippen molar-refractivity contribution < 1.29 is 22.8 Å². The van der Waals surface area contributed by atoms with E-state index in [0.29, 0.717) is 12.3 Å². The number of rotatable bonds is 10. The average Bonchev–Trinajstić information content (AvgIpc) is 3.60. The Morgan fingerprint density at radius 3 is 2.50 bits per heavy atom. The van der Waals surface area contributed by atoms with Crippen LogP contribution in [0, 0.1) is 26.7 Å². The molecule has 1 N–H and O–H groups in total. The molecule has 42 heavy (non-hydrogen) atoms. The number of aromatic nitrogens is 3. The van der Waals surface area contributed by atoms with Crippen LogP contribution in [-0.4, -0.2) is 46.5 Å². The fraction of sp³-hybridized carbons (Fsp3) is 0.290. The van der Waals surface area contributed by atoms with Gasteiger partial charge in [0.1, 0.15) is 11.3 Å². The molecule has 0 bridgehead atoms. The Kier molecular flexibility index (Phi) is 8.39. The Bertz CT molecular complexity index is 1750. The third kappa shape index (κ3) is 6.06. The molecule has 0 spiro atoms. The summed E-state index contributed by atoms with van der Waals surface area (Å²) >= 11 is 0. The molecule has 10 nitrogen and oxygen atoms in total. The smallest absolute Gasteiger partial charge is 0.334 e. The summed E-state index contributed by atoms with van der Waals surface area (Å²) in [6, 6.07) is 14.8. The van der Waals surface area contributed by atoms with E-state index >= 15 is 0 Å². The lowest BCUT2D eigenvalue weighted by Gasteiger charge is -2.19. The van der Waals surface area contributed by atoms with Gasteiger partial charge in [0.15, 0.2) is 5.65 Å². The van der Waals surface area contributed by atoms with Gasteiger partial charge in [0, 0.05) is 24.3 Å². The zero-order valence-corrected chi connectivity index (χ0v) is 24.6. The molecule has 2 aromatic heterocycles. The number of hydrogen-bond acceptors (Lipinski definition) is 7. The summed E-state index contributed by atoms with van der Waals surface area (Å²) in [7, 11) is -4.39. The number of imidazole rings is 1. The molecular formula is C31H33N5O5S. The number of hydroxylamine groups is 1. The van der Waals surface area contributed by atoms with Crippen molar-refractivity contribution in [2.75, 3.05) is 6.54 Å². The van der Waals surface area contributed by atoms with Gasteiger partial charge in [0.2, 0.25) is 0 Å². The van der Waals surface area contributed by atoms with E-state index < -0.39 is 16.1 Å². The third-order valence-electron chi connectivity index (χ3n) is 7.29. The quantitative estimate of drug-likeness (QED) is 0.159. The molecule has 1 atom stereocenters. The highest BCUT2D eigenvalue weighted by Gasteiger charge is 2.31. The Balaban J connectivity index is 1.31. The van der Waals surface area contributed by atoms with E-state index in [4.69, 9.17) is 9.97 Å². The Labute approximate surface area is 245 Å². The molecule has 0 saturated heterocycles. The predicted octanol–water partition coefficient (Wildman–Crippen LogP) is 4.89. The van der Waals surface area contributed by atoms with Crippen LogP contribution in [0.5, 0.6) is 0 Å². The number of hydrogen-bond donors (Lipinski definition) is 1. The zero-order chi connectivity index (χ0) is 29.9. The maximum absolute atomic E-state index is 12.9. The number of amides is 2. The summed E-state index contributed by atoms with van der Waals surface area (Å²) in [5.41, 5.74) is 6.45. The first-order valence-corrected chi connectivity index (χ1v) is 15.2. The molecule has 11 heteroatoms. The first-order valence-electron chi connectivity index (χ1n) is 13.8. The van der Waals surface area contributed by atoms with Crippen molar-refractivity contribution in [3.05, 3.63) is 95.0 Å². The van der Waals surface area contributed by atoms with E-state index in [2.05, 4.69) is 33.8 Å². The van der Waals surface area contributed by atoms with Crippen molar-refractivity contribution in [2.45, 2.75) is 51.3 Å². The predicted molar refractivity (Wildman–Crippen MR) is 158 cm³/mol. The average molecular weight is 588 g/mol. The molecule has 5 rings (SSSR count). The molecule has 218 valence electrons.